The molecule has 0 aliphatic rings. The molecule has 1 aromatic carbocycles. The van der Waals surface area contributed by atoms with Crippen LogP contribution in [0.4, 0.5) is 4.39 Å². The Morgan fingerprint density at radius 2 is 1.84 bits per heavy atom. The first-order chi connectivity index (χ1) is 8.85. The molecule has 0 saturated heterocycles. The predicted molar refractivity (Wildman–Crippen MR) is 82.8 cm³/mol. The van der Waals surface area contributed by atoms with Crippen LogP contribution in [0.1, 0.15) is 32.3 Å². The summed E-state index contributed by atoms with van der Waals surface area (Å²) in [4.78, 5) is 2.20. The second-order valence-electron chi connectivity index (χ2n) is 5.29. The van der Waals surface area contributed by atoms with Gasteiger partial charge in [0.15, 0.2) is 0 Å². The van der Waals surface area contributed by atoms with E-state index in [1.54, 1.807) is 6.07 Å². The van der Waals surface area contributed by atoms with Crippen molar-refractivity contribution in [1.82, 2.24) is 4.90 Å². The molecular formula is C15H24BrFN2. The lowest BCUT2D eigenvalue weighted by molar-refractivity contribution is 0.105. The van der Waals surface area contributed by atoms with E-state index in [-0.39, 0.29) is 17.4 Å². The second kappa shape index (κ2) is 6.82. The van der Waals surface area contributed by atoms with Crippen LogP contribution in [0.3, 0.4) is 0 Å². The van der Waals surface area contributed by atoms with Gasteiger partial charge in [-0.3, -0.25) is 0 Å². The van der Waals surface area contributed by atoms with Gasteiger partial charge in [-0.15, -0.1) is 0 Å². The van der Waals surface area contributed by atoms with Crippen LogP contribution < -0.4 is 5.73 Å². The molecule has 0 amide bonds. The van der Waals surface area contributed by atoms with Gasteiger partial charge in [0.25, 0.3) is 0 Å². The van der Waals surface area contributed by atoms with Crippen LogP contribution in [-0.4, -0.2) is 30.6 Å². The molecule has 2 N–H and O–H groups in total. The average Bonchev–Trinajstić information content (AvgIpc) is 2.29. The molecule has 1 rings (SSSR count). The molecule has 1 aromatic rings. The molecule has 0 radical (unpaired) electrons. The van der Waals surface area contributed by atoms with E-state index in [4.69, 9.17) is 5.73 Å². The maximum atomic E-state index is 13.4. The van der Waals surface area contributed by atoms with E-state index < -0.39 is 0 Å². The molecule has 0 bridgehead atoms. The quantitative estimate of drug-likeness (QED) is 0.863. The van der Waals surface area contributed by atoms with Gasteiger partial charge in [-0.25, -0.2) is 4.39 Å². The maximum Gasteiger partial charge on any atom is 0.124 e. The van der Waals surface area contributed by atoms with Crippen LogP contribution in [0, 0.1) is 5.82 Å². The largest absolute Gasteiger partial charge is 0.326 e. The van der Waals surface area contributed by atoms with Gasteiger partial charge in [0.1, 0.15) is 5.82 Å². The summed E-state index contributed by atoms with van der Waals surface area (Å²) in [6, 6.07) is 4.95. The van der Waals surface area contributed by atoms with Crippen molar-refractivity contribution in [2.75, 3.05) is 14.1 Å². The van der Waals surface area contributed by atoms with Gasteiger partial charge in [-0.2, -0.15) is 0 Å². The Kier molecular flexibility index (Phi) is 5.96. The zero-order chi connectivity index (χ0) is 14.6. The number of rotatable bonds is 6. The number of halogens is 2. The Morgan fingerprint density at radius 1 is 1.26 bits per heavy atom. The summed E-state index contributed by atoms with van der Waals surface area (Å²) < 4.78 is 14.2. The highest BCUT2D eigenvalue weighted by molar-refractivity contribution is 9.10. The molecule has 19 heavy (non-hydrogen) atoms. The minimum atomic E-state index is -0.222. The highest BCUT2D eigenvalue weighted by Crippen LogP contribution is 2.27. The van der Waals surface area contributed by atoms with E-state index >= 15 is 0 Å². The van der Waals surface area contributed by atoms with Crippen LogP contribution >= 0.6 is 15.9 Å². The molecule has 108 valence electrons. The Balaban J connectivity index is 2.96. The van der Waals surface area contributed by atoms with Crippen LogP contribution in [0.25, 0.3) is 0 Å². The standard InChI is InChI=1S/C15H24BrFN2/c1-5-15(6-2,19(3)4)14(18)9-11-7-12(16)10-13(17)8-11/h7-8,10,14H,5-6,9,18H2,1-4H3. The Labute approximate surface area is 124 Å². The number of hydrogen-bond donors (Lipinski definition) is 1. The Hall–Kier alpha value is -0.450. The molecule has 0 spiro atoms. The predicted octanol–water partition coefficient (Wildman–Crippen LogP) is 3.58. The highest BCUT2D eigenvalue weighted by Gasteiger charge is 2.35. The highest BCUT2D eigenvalue weighted by atomic mass is 79.9. The van der Waals surface area contributed by atoms with E-state index in [2.05, 4.69) is 48.8 Å². The van der Waals surface area contributed by atoms with E-state index in [1.807, 2.05) is 6.07 Å². The molecule has 1 atom stereocenters. The van der Waals surface area contributed by atoms with Crippen LogP contribution in [0.5, 0.6) is 0 Å². The summed E-state index contributed by atoms with van der Waals surface area (Å²) >= 11 is 3.33. The number of likely N-dealkylation sites (N-methyl/N-ethyl adjacent to an activating group) is 1. The van der Waals surface area contributed by atoms with E-state index in [9.17, 15) is 4.39 Å². The van der Waals surface area contributed by atoms with Gasteiger partial charge >= 0.3 is 0 Å². The molecule has 0 fully saturated rings. The summed E-state index contributed by atoms with van der Waals surface area (Å²) in [5.74, 6) is -0.222. The first kappa shape index (κ1) is 16.6. The van der Waals surface area contributed by atoms with Gasteiger partial charge in [0, 0.05) is 16.1 Å². The topological polar surface area (TPSA) is 29.3 Å². The van der Waals surface area contributed by atoms with Gasteiger partial charge in [0.2, 0.25) is 0 Å². The average molecular weight is 331 g/mol. The molecule has 0 aliphatic heterocycles. The SMILES string of the molecule is CCC(CC)(C(N)Cc1cc(F)cc(Br)c1)N(C)C. The van der Waals surface area contributed by atoms with Crippen molar-refractivity contribution in [3.8, 4) is 0 Å². The third-order valence-corrected chi connectivity index (χ3v) is 4.64. The van der Waals surface area contributed by atoms with Gasteiger partial charge in [0.05, 0.1) is 0 Å². The molecule has 0 aliphatic carbocycles. The summed E-state index contributed by atoms with van der Waals surface area (Å²) in [5, 5.41) is 0. The fourth-order valence-electron chi connectivity index (χ4n) is 2.91. The Morgan fingerprint density at radius 3 is 2.26 bits per heavy atom. The van der Waals surface area contributed by atoms with Crippen molar-refractivity contribution in [3.63, 3.8) is 0 Å². The summed E-state index contributed by atoms with van der Waals surface area (Å²) in [6.45, 7) is 4.32. The Bertz CT molecular complexity index is 396. The minimum Gasteiger partial charge on any atom is -0.326 e. The fourth-order valence-corrected chi connectivity index (χ4v) is 3.42. The van der Waals surface area contributed by atoms with E-state index in [0.29, 0.717) is 6.42 Å². The molecule has 0 saturated carbocycles. The van der Waals surface area contributed by atoms with Gasteiger partial charge in [-0.1, -0.05) is 29.8 Å². The summed E-state index contributed by atoms with van der Waals surface area (Å²) in [6.07, 6.45) is 2.64. The van der Waals surface area contributed by atoms with E-state index in [1.165, 1.54) is 6.07 Å². The molecule has 2 nitrogen and oxygen atoms in total. The molecule has 4 heteroatoms. The molecule has 0 aromatic heterocycles. The number of nitrogens with two attached hydrogens (primary N) is 1. The zero-order valence-corrected chi connectivity index (χ0v) is 13.8. The third-order valence-electron chi connectivity index (χ3n) is 4.18. The van der Waals surface area contributed by atoms with E-state index in [0.717, 1.165) is 22.9 Å². The molecule has 0 heterocycles. The monoisotopic (exact) mass is 330 g/mol. The number of hydrogen-bond acceptors (Lipinski definition) is 2. The smallest absolute Gasteiger partial charge is 0.124 e. The second-order valence-corrected chi connectivity index (χ2v) is 6.21. The zero-order valence-electron chi connectivity index (χ0n) is 12.2. The number of nitrogens with zero attached hydrogens (tertiary/aromatic N) is 1. The van der Waals surface area contributed by atoms with Crippen molar-refractivity contribution in [2.45, 2.75) is 44.7 Å². The minimum absolute atomic E-state index is 0.0220. The van der Waals surface area contributed by atoms with Crippen molar-refractivity contribution < 1.29 is 4.39 Å². The first-order valence-corrected chi connectivity index (χ1v) is 7.53. The number of benzene rings is 1. The maximum absolute atomic E-state index is 13.4. The third kappa shape index (κ3) is 3.77. The van der Waals surface area contributed by atoms with Crippen LogP contribution in [0.2, 0.25) is 0 Å². The summed E-state index contributed by atoms with van der Waals surface area (Å²) in [7, 11) is 4.13. The fraction of sp³-hybridized carbons (Fsp3) is 0.600. The summed E-state index contributed by atoms with van der Waals surface area (Å²) in [5.41, 5.74) is 7.32. The molecule has 1 unspecified atom stereocenters. The lowest BCUT2D eigenvalue weighted by atomic mass is 9.81. The lowest BCUT2D eigenvalue weighted by Crippen LogP contribution is -2.57. The van der Waals surface area contributed by atoms with Crippen molar-refractivity contribution in [1.29, 1.82) is 0 Å². The molecular weight excluding hydrogens is 307 g/mol. The van der Waals surface area contributed by atoms with Crippen LogP contribution in [0.15, 0.2) is 22.7 Å². The van der Waals surface area contributed by atoms with Crippen molar-refractivity contribution >= 4 is 15.9 Å². The van der Waals surface area contributed by atoms with Crippen molar-refractivity contribution in [3.05, 3.63) is 34.1 Å². The van der Waals surface area contributed by atoms with Gasteiger partial charge in [-0.05, 0) is 57.1 Å². The lowest BCUT2D eigenvalue weighted by Gasteiger charge is -2.43. The van der Waals surface area contributed by atoms with Gasteiger partial charge < -0.3 is 10.6 Å². The van der Waals surface area contributed by atoms with Crippen molar-refractivity contribution in [2.24, 2.45) is 5.73 Å². The first-order valence-electron chi connectivity index (χ1n) is 6.73. The normalized spacial score (nSPS) is 13.9. The van der Waals surface area contributed by atoms with Crippen LogP contribution in [-0.2, 0) is 6.42 Å².